The normalized spacial score (nSPS) is 33.4. The van der Waals surface area contributed by atoms with E-state index in [1.165, 1.54) is 22.3 Å². The summed E-state index contributed by atoms with van der Waals surface area (Å²) in [5.74, 6) is -0.342. The van der Waals surface area contributed by atoms with Crippen molar-refractivity contribution in [2.75, 3.05) is 13.2 Å². The van der Waals surface area contributed by atoms with Gasteiger partial charge in [0, 0.05) is 18.5 Å². The number of hydrogen-bond donors (Lipinski definition) is 2. The molecule has 180 valence electrons. The van der Waals surface area contributed by atoms with Crippen molar-refractivity contribution in [3.63, 3.8) is 0 Å². The number of nitrogens with zero attached hydrogens (tertiary/aromatic N) is 1. The summed E-state index contributed by atoms with van der Waals surface area (Å²) in [6.07, 6.45) is 2.81. The van der Waals surface area contributed by atoms with Gasteiger partial charge in [-0.2, -0.15) is 0 Å². The molecule has 0 spiro atoms. The molecule has 4 aliphatic carbocycles. The molecule has 7 heteroatoms. The van der Waals surface area contributed by atoms with Crippen molar-refractivity contribution < 1.29 is 24.2 Å². The van der Waals surface area contributed by atoms with Gasteiger partial charge in [-0.05, 0) is 66.2 Å². The Morgan fingerprint density at radius 3 is 2.29 bits per heavy atom. The zero-order valence-corrected chi connectivity index (χ0v) is 19.4. The van der Waals surface area contributed by atoms with E-state index in [1.807, 2.05) is 24.3 Å². The predicted molar refractivity (Wildman–Crippen MR) is 127 cm³/mol. The standard InChI is InChI=1S/C28H28N2O5/c31-24(30-14-16-10-28(30,11-16)25(32)33)27-12-17(27)9-18(13-27)29-26(34)35-15-23-21-7-3-1-5-19(21)20-6-2-4-8-22(20)23/h1-8,16-18,23H,9-15H2,(H,29,34)(H,32,33)/t16?,17-,18+,27+,28?/m0/s1. The van der Waals surface area contributed by atoms with Crippen molar-refractivity contribution >= 4 is 18.0 Å². The maximum atomic E-state index is 13.4. The van der Waals surface area contributed by atoms with Gasteiger partial charge < -0.3 is 20.1 Å². The van der Waals surface area contributed by atoms with Crippen LogP contribution in [-0.4, -0.2) is 52.7 Å². The summed E-state index contributed by atoms with van der Waals surface area (Å²) in [4.78, 5) is 39.7. The third-order valence-corrected chi connectivity index (χ3v) is 9.36. The predicted octanol–water partition coefficient (Wildman–Crippen LogP) is 3.77. The van der Waals surface area contributed by atoms with Crippen molar-refractivity contribution in [1.29, 1.82) is 0 Å². The molecule has 8 rings (SSSR count). The van der Waals surface area contributed by atoms with Gasteiger partial charge in [0.1, 0.15) is 12.1 Å². The van der Waals surface area contributed by atoms with E-state index < -0.39 is 23.0 Å². The summed E-state index contributed by atoms with van der Waals surface area (Å²) in [5, 5.41) is 12.7. The molecule has 3 saturated carbocycles. The van der Waals surface area contributed by atoms with Crippen molar-refractivity contribution in [2.24, 2.45) is 17.3 Å². The van der Waals surface area contributed by atoms with Crippen molar-refractivity contribution in [1.82, 2.24) is 10.2 Å². The lowest BCUT2D eigenvalue weighted by molar-refractivity contribution is -0.160. The number of carboxylic acids is 1. The Hall–Kier alpha value is -3.35. The zero-order chi connectivity index (χ0) is 23.9. The van der Waals surface area contributed by atoms with E-state index in [-0.39, 0.29) is 30.4 Å². The molecule has 2 aromatic rings. The van der Waals surface area contributed by atoms with E-state index in [0.717, 1.165) is 12.8 Å². The Morgan fingerprint density at radius 1 is 0.971 bits per heavy atom. The Bertz CT molecular complexity index is 1220. The van der Waals surface area contributed by atoms with Crippen LogP contribution in [0.5, 0.6) is 0 Å². The molecule has 2 amide bonds. The highest BCUT2D eigenvalue weighted by Gasteiger charge is 2.71. The topological polar surface area (TPSA) is 95.9 Å². The van der Waals surface area contributed by atoms with Crippen LogP contribution in [0.1, 0.15) is 49.1 Å². The van der Waals surface area contributed by atoms with Crippen LogP contribution in [-0.2, 0) is 14.3 Å². The van der Waals surface area contributed by atoms with Gasteiger partial charge in [-0.3, -0.25) is 4.79 Å². The van der Waals surface area contributed by atoms with Gasteiger partial charge in [-0.25, -0.2) is 9.59 Å². The molecule has 2 heterocycles. The maximum Gasteiger partial charge on any atom is 0.407 e. The number of alkyl carbamates (subject to hydrolysis) is 1. The highest BCUT2D eigenvalue weighted by Crippen LogP contribution is 2.66. The highest BCUT2D eigenvalue weighted by molar-refractivity contribution is 5.94. The molecular weight excluding hydrogens is 444 g/mol. The number of rotatable bonds is 5. The molecule has 35 heavy (non-hydrogen) atoms. The second-order valence-electron chi connectivity index (χ2n) is 11.2. The van der Waals surface area contributed by atoms with Crippen LogP contribution in [0.15, 0.2) is 48.5 Å². The molecule has 0 aromatic heterocycles. The molecule has 2 N–H and O–H groups in total. The summed E-state index contributed by atoms with van der Waals surface area (Å²) < 4.78 is 5.69. The average Bonchev–Trinajstić information content (AvgIpc) is 3.22. The van der Waals surface area contributed by atoms with Crippen LogP contribution in [0.3, 0.4) is 0 Å². The number of hydrogen-bond acceptors (Lipinski definition) is 4. The molecule has 5 fully saturated rings. The highest BCUT2D eigenvalue weighted by atomic mass is 16.5. The van der Waals surface area contributed by atoms with Crippen molar-refractivity contribution in [3.05, 3.63) is 59.7 Å². The number of aliphatic carboxylic acids is 1. The number of amides is 2. The number of ether oxygens (including phenoxy) is 1. The Morgan fingerprint density at radius 2 is 1.63 bits per heavy atom. The molecule has 2 aliphatic heterocycles. The van der Waals surface area contributed by atoms with Gasteiger partial charge in [-0.15, -0.1) is 0 Å². The summed E-state index contributed by atoms with van der Waals surface area (Å²) in [6.45, 7) is 0.820. The first-order valence-electron chi connectivity index (χ1n) is 12.6. The zero-order valence-electron chi connectivity index (χ0n) is 19.4. The van der Waals surface area contributed by atoms with Crippen LogP contribution < -0.4 is 5.32 Å². The first-order valence-corrected chi connectivity index (χ1v) is 12.6. The minimum absolute atomic E-state index is 0.00640. The Labute approximate surface area is 203 Å². The summed E-state index contributed by atoms with van der Waals surface area (Å²) in [5.41, 5.74) is 3.23. The van der Waals surface area contributed by atoms with E-state index in [2.05, 4.69) is 29.6 Å². The molecule has 7 nitrogen and oxygen atoms in total. The first kappa shape index (κ1) is 21.0. The van der Waals surface area contributed by atoms with E-state index >= 15 is 0 Å². The number of carbonyl (C=O) groups is 3. The molecule has 0 unspecified atom stereocenters. The lowest BCUT2D eigenvalue weighted by Gasteiger charge is -2.39. The second kappa shape index (κ2) is 7.09. The molecule has 3 atom stereocenters. The first-order chi connectivity index (χ1) is 16.9. The fourth-order valence-corrected chi connectivity index (χ4v) is 7.59. The maximum absolute atomic E-state index is 13.4. The van der Waals surface area contributed by atoms with Crippen molar-refractivity contribution in [2.45, 2.75) is 49.6 Å². The SMILES string of the molecule is O=C(N[C@@H]1C[C@H]2C[C@@]2(C(=O)N2CC3CC2(C(=O)O)C3)C1)OCC1c2ccccc2-c2ccccc21. The van der Waals surface area contributed by atoms with Crippen molar-refractivity contribution in [3.8, 4) is 11.1 Å². The number of carbonyl (C=O) groups excluding carboxylic acids is 2. The number of fused-ring (bicyclic) bond motifs is 5. The summed E-state index contributed by atoms with van der Waals surface area (Å²) in [7, 11) is 0. The number of carboxylic acid groups (broad SMARTS) is 1. The van der Waals surface area contributed by atoms with Crippen LogP contribution in [0.2, 0.25) is 0 Å². The molecule has 2 bridgehead atoms. The van der Waals surface area contributed by atoms with Gasteiger partial charge in [0.15, 0.2) is 0 Å². The van der Waals surface area contributed by atoms with Crippen LogP contribution >= 0.6 is 0 Å². The van der Waals surface area contributed by atoms with Gasteiger partial charge in [-0.1, -0.05) is 48.5 Å². The third-order valence-electron chi connectivity index (χ3n) is 9.36. The summed E-state index contributed by atoms with van der Waals surface area (Å²) >= 11 is 0. The monoisotopic (exact) mass is 472 g/mol. The van der Waals surface area contributed by atoms with Crippen LogP contribution in [0, 0.1) is 17.3 Å². The van der Waals surface area contributed by atoms with E-state index in [9.17, 15) is 19.5 Å². The largest absolute Gasteiger partial charge is 0.479 e. The minimum atomic E-state index is -0.984. The molecular formula is C28H28N2O5. The molecule has 2 saturated heterocycles. The molecule has 6 aliphatic rings. The van der Waals surface area contributed by atoms with Gasteiger partial charge in [0.05, 0.1) is 5.41 Å². The third kappa shape index (κ3) is 2.87. The van der Waals surface area contributed by atoms with Gasteiger partial charge in [0.25, 0.3) is 0 Å². The quantitative estimate of drug-likeness (QED) is 0.691. The van der Waals surface area contributed by atoms with E-state index in [4.69, 9.17) is 4.74 Å². The van der Waals surface area contributed by atoms with E-state index in [1.54, 1.807) is 4.90 Å². The summed E-state index contributed by atoms with van der Waals surface area (Å²) in [6, 6.07) is 16.3. The smallest absolute Gasteiger partial charge is 0.407 e. The van der Waals surface area contributed by atoms with Gasteiger partial charge >= 0.3 is 12.1 Å². The van der Waals surface area contributed by atoms with Gasteiger partial charge in [0.2, 0.25) is 5.91 Å². The minimum Gasteiger partial charge on any atom is -0.479 e. The van der Waals surface area contributed by atoms with E-state index in [0.29, 0.717) is 31.7 Å². The van der Waals surface area contributed by atoms with Crippen LogP contribution in [0.25, 0.3) is 11.1 Å². The second-order valence-corrected chi connectivity index (χ2v) is 11.2. The fraction of sp³-hybridized carbons (Fsp3) is 0.464. The number of nitrogens with one attached hydrogen (secondary N) is 1. The molecule has 2 aromatic carbocycles. The number of benzene rings is 2. The Kier molecular flexibility index (Phi) is 4.25. The fourth-order valence-electron chi connectivity index (χ4n) is 7.59. The lowest BCUT2D eigenvalue weighted by atomic mass is 9.73. The Balaban J connectivity index is 0.992. The average molecular weight is 473 g/mol. The van der Waals surface area contributed by atoms with Crippen LogP contribution in [0.4, 0.5) is 4.79 Å². The lowest BCUT2D eigenvalue weighted by Crippen LogP contribution is -2.56. The molecule has 0 radical (unpaired) electrons.